The van der Waals surface area contributed by atoms with Gasteiger partial charge < -0.3 is 52.8 Å². The van der Waals surface area contributed by atoms with Gasteiger partial charge in [-0.3, -0.25) is 29.0 Å². The van der Waals surface area contributed by atoms with E-state index in [0.29, 0.717) is 45.1 Å². The van der Waals surface area contributed by atoms with Gasteiger partial charge in [-0.1, -0.05) is 51.1 Å². The Kier molecular flexibility index (Phi) is 17.0. The van der Waals surface area contributed by atoms with Crippen molar-refractivity contribution in [1.29, 1.82) is 5.26 Å². The minimum atomic E-state index is -1.39. The number of hydrogen-bond acceptors (Lipinski definition) is 12. The van der Waals surface area contributed by atoms with E-state index >= 15 is 0 Å². The maximum absolute atomic E-state index is 14.7. The molecule has 17 heteroatoms. The summed E-state index contributed by atoms with van der Waals surface area (Å²) in [5.41, 5.74) is 24.1. The third-order valence-electron chi connectivity index (χ3n) is 11.3. The lowest BCUT2D eigenvalue weighted by atomic mass is 9.85. The van der Waals surface area contributed by atoms with Gasteiger partial charge in [-0.15, -0.1) is 0 Å². The second kappa shape index (κ2) is 22.4. The minimum absolute atomic E-state index is 0.00544. The van der Waals surface area contributed by atoms with E-state index in [1.165, 1.54) is 24.4 Å². The van der Waals surface area contributed by atoms with E-state index in [1.54, 1.807) is 55.5 Å². The van der Waals surface area contributed by atoms with Gasteiger partial charge >= 0.3 is 0 Å². The molecule has 66 heavy (non-hydrogen) atoms. The Morgan fingerprint density at radius 3 is 2.15 bits per heavy atom. The van der Waals surface area contributed by atoms with E-state index in [0.717, 1.165) is 11.1 Å². The highest BCUT2D eigenvalue weighted by Crippen LogP contribution is 2.40. The molecule has 350 valence electrons. The average Bonchev–Trinajstić information content (AvgIpc) is 3.28. The first-order valence-corrected chi connectivity index (χ1v) is 22.0. The number of amides is 5. The van der Waals surface area contributed by atoms with Crippen molar-refractivity contribution >= 4 is 29.5 Å². The van der Waals surface area contributed by atoms with Gasteiger partial charge in [0.1, 0.15) is 55.4 Å². The number of nitrogens with two attached hydrogens (primary N) is 3. The highest BCUT2D eigenvalue weighted by Gasteiger charge is 2.36. The van der Waals surface area contributed by atoms with Crippen molar-refractivity contribution < 1.29 is 33.4 Å². The van der Waals surface area contributed by atoms with E-state index < -0.39 is 53.7 Å². The molecule has 17 nitrogen and oxygen atoms in total. The Hall–Kier alpha value is -6.87. The van der Waals surface area contributed by atoms with Crippen LogP contribution in [0.1, 0.15) is 78.5 Å². The Balaban J connectivity index is 1.56. The Bertz CT molecular complexity index is 2480. The monoisotopic (exact) mass is 902 g/mol. The normalized spacial score (nSPS) is 16.7. The number of likely N-dealkylation sites (N-methyl/N-ethyl adjacent to an activating group) is 1. The maximum Gasteiger partial charge on any atom is 0.253 e. The summed E-state index contributed by atoms with van der Waals surface area (Å²) in [4.78, 5) is 76.3. The summed E-state index contributed by atoms with van der Waals surface area (Å²) in [6, 6.07) is 16.8. The predicted octanol–water partition coefficient (Wildman–Crippen LogP) is 2.84. The summed E-state index contributed by atoms with van der Waals surface area (Å²) in [7, 11) is 1.43. The molecule has 0 spiro atoms. The van der Waals surface area contributed by atoms with Crippen LogP contribution in [0.5, 0.6) is 11.5 Å². The molecule has 4 bridgehead atoms. The molecule has 1 aliphatic rings. The fourth-order valence-corrected chi connectivity index (χ4v) is 7.73. The molecule has 3 aromatic carbocycles. The number of pyridine rings is 1. The Morgan fingerprint density at radius 1 is 0.879 bits per heavy atom. The second-order valence-corrected chi connectivity index (χ2v) is 17.3. The van der Waals surface area contributed by atoms with Crippen molar-refractivity contribution in [2.45, 2.75) is 84.0 Å². The van der Waals surface area contributed by atoms with Crippen LogP contribution in [-0.4, -0.2) is 104 Å². The van der Waals surface area contributed by atoms with Crippen molar-refractivity contribution in [3.05, 3.63) is 100 Å². The summed E-state index contributed by atoms with van der Waals surface area (Å²) < 4.78 is 12.2. The van der Waals surface area contributed by atoms with Gasteiger partial charge in [-0.2, -0.15) is 5.26 Å². The fraction of sp³-hybridized carbons (Fsp3) is 0.408. The number of carbonyl (C=O) groups excluding carboxylic acids is 5. The molecule has 0 fully saturated rings. The number of hydrogen-bond donors (Lipinski definition) is 7. The summed E-state index contributed by atoms with van der Waals surface area (Å²) in [6.45, 7) is 12.0. The summed E-state index contributed by atoms with van der Waals surface area (Å²) in [5.74, 6) is -2.48. The number of benzene rings is 3. The molecule has 0 saturated carbocycles. The van der Waals surface area contributed by atoms with Crippen LogP contribution >= 0.6 is 0 Å². The van der Waals surface area contributed by atoms with Crippen LogP contribution < -0.4 is 47.9 Å². The third-order valence-corrected chi connectivity index (χ3v) is 11.3. The Morgan fingerprint density at radius 2 is 1.55 bits per heavy atom. The number of nitrogens with zero attached hydrogens (tertiary/aromatic N) is 3. The molecule has 0 saturated heterocycles. The first kappa shape index (κ1) is 50.1. The molecule has 5 rings (SSSR count). The number of fused-ring (bicyclic) bond motifs is 5. The zero-order valence-electron chi connectivity index (χ0n) is 38.7. The van der Waals surface area contributed by atoms with Gasteiger partial charge in [0, 0.05) is 43.2 Å². The van der Waals surface area contributed by atoms with Crippen LogP contribution in [0, 0.1) is 25.2 Å². The first-order chi connectivity index (χ1) is 31.4. The molecule has 1 aliphatic heterocycles. The molecule has 2 heterocycles. The van der Waals surface area contributed by atoms with Crippen LogP contribution in [0.15, 0.2) is 66.7 Å². The van der Waals surface area contributed by atoms with E-state index in [4.69, 9.17) is 36.9 Å². The number of aryl methyl sites for hydroxylation is 2. The van der Waals surface area contributed by atoms with Gasteiger partial charge in [-0.05, 0) is 97.8 Å². The lowest BCUT2D eigenvalue weighted by Crippen LogP contribution is -2.56. The molecule has 4 unspecified atom stereocenters. The van der Waals surface area contributed by atoms with Gasteiger partial charge in [0.15, 0.2) is 0 Å². The second-order valence-electron chi connectivity index (χ2n) is 17.3. The van der Waals surface area contributed by atoms with Crippen LogP contribution in [0.4, 0.5) is 0 Å². The SMILES string of the molecule is Cc1cc(C(C)(C)C)ccc1-c1ccc(C(=O)NC(CCN)C(=O)N(C)C2C(=O)NC(C)C(=O)NC(C(=O)NCC#N)Cc3ccc(OCCN)c(c3)-c3cc2ccc3OCCN)c(C)n1. The summed E-state index contributed by atoms with van der Waals surface area (Å²) in [6.07, 6.45) is 0.0262. The minimum Gasteiger partial charge on any atom is -0.492 e. The number of nitriles is 1. The smallest absolute Gasteiger partial charge is 0.253 e. The van der Waals surface area contributed by atoms with Gasteiger partial charge in [-0.25, -0.2) is 0 Å². The molecule has 10 N–H and O–H groups in total. The number of carbonyl (C=O) groups is 5. The van der Waals surface area contributed by atoms with Crippen molar-refractivity contribution in [3.63, 3.8) is 0 Å². The number of rotatable bonds is 15. The molecular formula is C49H62N10O7. The average molecular weight is 903 g/mol. The van der Waals surface area contributed by atoms with E-state index in [2.05, 4.69) is 54.2 Å². The number of nitrogens with one attached hydrogen (secondary N) is 4. The van der Waals surface area contributed by atoms with Gasteiger partial charge in [0.05, 0.1) is 23.0 Å². The zero-order valence-corrected chi connectivity index (χ0v) is 38.7. The van der Waals surface area contributed by atoms with Crippen LogP contribution in [-0.2, 0) is 31.0 Å². The predicted molar refractivity (Wildman–Crippen MR) is 251 cm³/mol. The van der Waals surface area contributed by atoms with Crippen LogP contribution in [0.3, 0.4) is 0 Å². The molecule has 0 radical (unpaired) electrons. The maximum atomic E-state index is 14.7. The third kappa shape index (κ3) is 12.1. The highest BCUT2D eigenvalue weighted by molar-refractivity contribution is 6.00. The lowest BCUT2D eigenvalue weighted by Gasteiger charge is -2.32. The first-order valence-electron chi connectivity index (χ1n) is 22.0. The van der Waals surface area contributed by atoms with E-state index in [-0.39, 0.29) is 63.2 Å². The van der Waals surface area contributed by atoms with E-state index in [1.807, 2.05) is 19.1 Å². The lowest BCUT2D eigenvalue weighted by molar-refractivity contribution is -0.141. The summed E-state index contributed by atoms with van der Waals surface area (Å²) in [5, 5.41) is 19.9. The van der Waals surface area contributed by atoms with Crippen LogP contribution in [0.25, 0.3) is 22.4 Å². The Labute approximate surface area is 386 Å². The summed E-state index contributed by atoms with van der Waals surface area (Å²) >= 11 is 0. The molecule has 4 aromatic rings. The van der Waals surface area contributed by atoms with Crippen molar-refractivity contribution in [3.8, 4) is 40.0 Å². The standard InChI is InChI=1S/C49H62N10O7/c1-28-24-33(49(4,5)6)10-11-34(28)38-13-12-35(29(2)55-38)45(61)57-39(16-17-50)48(64)59(7)43-32-9-15-42(66-23-20-53)37(27-32)36-25-31(8-14-41(36)65-22-19-52)26-40(46(62)54-21-18-51)58-44(60)30(3)56-47(43)63/h8-15,24-25,27,30,39-40,43H,16-17,19-23,26,50,52-53H2,1-7H3,(H,54,62)(H,56,63)(H,57,61)(H,58,60). The van der Waals surface area contributed by atoms with Crippen molar-refractivity contribution in [1.82, 2.24) is 31.2 Å². The van der Waals surface area contributed by atoms with E-state index in [9.17, 15) is 24.0 Å². The molecule has 0 aliphatic carbocycles. The highest BCUT2D eigenvalue weighted by atomic mass is 16.5. The number of aromatic nitrogens is 1. The van der Waals surface area contributed by atoms with Crippen molar-refractivity contribution in [2.75, 3.05) is 46.4 Å². The molecule has 1 aromatic heterocycles. The zero-order chi connectivity index (χ0) is 48.3. The van der Waals surface area contributed by atoms with Crippen LogP contribution in [0.2, 0.25) is 0 Å². The largest absolute Gasteiger partial charge is 0.492 e. The topological polar surface area (TPSA) is 270 Å². The quantitative estimate of drug-likeness (QED) is 0.0850. The molecular weight excluding hydrogens is 841 g/mol. The molecule has 4 atom stereocenters. The van der Waals surface area contributed by atoms with Gasteiger partial charge in [0.2, 0.25) is 23.6 Å². The van der Waals surface area contributed by atoms with Gasteiger partial charge in [0.25, 0.3) is 5.91 Å². The molecule has 5 amide bonds. The van der Waals surface area contributed by atoms with Crippen molar-refractivity contribution in [2.24, 2.45) is 17.2 Å². The fourth-order valence-electron chi connectivity index (χ4n) is 7.73. The number of ether oxygens (including phenoxy) is 2.